The summed E-state index contributed by atoms with van der Waals surface area (Å²) >= 11 is 1.90. The molecule has 0 aliphatic carbocycles. The van der Waals surface area contributed by atoms with Crippen LogP contribution in [0.5, 0.6) is 0 Å². The number of thioether (sulfide) groups is 1. The highest BCUT2D eigenvalue weighted by atomic mass is 32.2. The Morgan fingerprint density at radius 1 is 1.29 bits per heavy atom. The highest BCUT2D eigenvalue weighted by molar-refractivity contribution is 7.98. The minimum Gasteiger partial charge on any atom is -0.354 e. The summed E-state index contributed by atoms with van der Waals surface area (Å²) in [5.41, 5.74) is 2.15. The van der Waals surface area contributed by atoms with Crippen LogP contribution < -0.4 is 5.32 Å². The topological polar surface area (TPSA) is 37.8 Å². The minimum absolute atomic E-state index is 0.453. The number of rotatable bonds is 7. The van der Waals surface area contributed by atoms with E-state index in [0.29, 0.717) is 5.92 Å². The maximum atomic E-state index is 4.52. The monoisotopic (exact) mass is 253 g/mol. The van der Waals surface area contributed by atoms with Gasteiger partial charge in [0.15, 0.2) is 0 Å². The van der Waals surface area contributed by atoms with Crippen molar-refractivity contribution in [1.82, 2.24) is 9.97 Å². The molecule has 1 heterocycles. The van der Waals surface area contributed by atoms with Crippen molar-refractivity contribution in [1.29, 1.82) is 0 Å². The average molecular weight is 253 g/mol. The van der Waals surface area contributed by atoms with Gasteiger partial charge in [-0.05, 0) is 43.8 Å². The normalized spacial score (nSPS) is 10.9. The van der Waals surface area contributed by atoms with E-state index in [-0.39, 0.29) is 0 Å². The summed E-state index contributed by atoms with van der Waals surface area (Å²) in [5.74, 6) is 2.46. The van der Waals surface area contributed by atoms with Crippen molar-refractivity contribution in [2.75, 3.05) is 23.9 Å². The van der Waals surface area contributed by atoms with Crippen LogP contribution in [-0.4, -0.2) is 28.5 Å². The lowest BCUT2D eigenvalue weighted by Gasteiger charge is -2.09. The molecule has 0 amide bonds. The first-order chi connectivity index (χ1) is 8.13. The summed E-state index contributed by atoms with van der Waals surface area (Å²) in [6.07, 6.45) is 4.57. The van der Waals surface area contributed by atoms with Crippen LogP contribution in [0.25, 0.3) is 0 Å². The summed E-state index contributed by atoms with van der Waals surface area (Å²) in [6.45, 7) is 7.29. The van der Waals surface area contributed by atoms with Crippen LogP contribution in [0.1, 0.15) is 44.0 Å². The second kappa shape index (κ2) is 7.54. The molecule has 3 nitrogen and oxygen atoms in total. The lowest BCUT2D eigenvalue weighted by molar-refractivity contribution is 0.797. The minimum atomic E-state index is 0.453. The number of hydrogen-bond acceptors (Lipinski definition) is 4. The van der Waals surface area contributed by atoms with Gasteiger partial charge in [-0.15, -0.1) is 0 Å². The van der Waals surface area contributed by atoms with E-state index in [4.69, 9.17) is 0 Å². The van der Waals surface area contributed by atoms with Crippen LogP contribution >= 0.6 is 11.8 Å². The van der Waals surface area contributed by atoms with E-state index in [1.54, 1.807) is 0 Å². The molecule has 1 N–H and O–H groups in total. The number of aromatic nitrogens is 2. The Morgan fingerprint density at radius 2 is 2.06 bits per heavy atom. The Labute approximate surface area is 109 Å². The molecule has 1 rings (SSSR count). The van der Waals surface area contributed by atoms with Crippen molar-refractivity contribution in [3.8, 4) is 0 Å². The molecule has 0 aliphatic heterocycles. The second-order valence-electron chi connectivity index (χ2n) is 4.54. The Morgan fingerprint density at radius 3 is 2.71 bits per heavy atom. The van der Waals surface area contributed by atoms with Gasteiger partial charge in [-0.1, -0.05) is 13.8 Å². The van der Waals surface area contributed by atoms with Gasteiger partial charge in [0.2, 0.25) is 5.95 Å². The Kier molecular flexibility index (Phi) is 6.34. The summed E-state index contributed by atoms with van der Waals surface area (Å²) < 4.78 is 0. The zero-order valence-corrected chi connectivity index (χ0v) is 12.1. The number of nitrogens with zero attached hydrogens (tertiary/aromatic N) is 2. The van der Waals surface area contributed by atoms with Crippen LogP contribution in [0, 0.1) is 6.92 Å². The van der Waals surface area contributed by atoms with Gasteiger partial charge in [0.05, 0.1) is 0 Å². The zero-order valence-electron chi connectivity index (χ0n) is 11.3. The fourth-order valence-corrected chi connectivity index (χ4v) is 2.03. The molecule has 4 heteroatoms. The molecule has 0 radical (unpaired) electrons. The molecule has 0 aliphatic rings. The molecule has 1 aromatic rings. The van der Waals surface area contributed by atoms with Gasteiger partial charge in [0, 0.05) is 17.9 Å². The van der Waals surface area contributed by atoms with Gasteiger partial charge < -0.3 is 5.32 Å². The summed E-state index contributed by atoms with van der Waals surface area (Å²) in [5, 5.41) is 3.31. The molecule has 0 atom stereocenters. The molecule has 96 valence electrons. The Balaban J connectivity index is 2.47. The third-order valence-electron chi connectivity index (χ3n) is 2.52. The van der Waals surface area contributed by atoms with E-state index in [1.165, 1.54) is 18.6 Å². The van der Waals surface area contributed by atoms with Gasteiger partial charge in [0.1, 0.15) is 0 Å². The molecular weight excluding hydrogens is 230 g/mol. The predicted molar refractivity (Wildman–Crippen MR) is 77.0 cm³/mol. The van der Waals surface area contributed by atoms with E-state index >= 15 is 0 Å². The Bertz CT molecular complexity index is 339. The third kappa shape index (κ3) is 5.39. The fraction of sp³-hybridized carbons (Fsp3) is 0.692. The van der Waals surface area contributed by atoms with E-state index in [1.807, 2.05) is 18.7 Å². The smallest absolute Gasteiger partial charge is 0.223 e. The molecule has 17 heavy (non-hydrogen) atoms. The van der Waals surface area contributed by atoms with Gasteiger partial charge in [-0.25, -0.2) is 9.97 Å². The van der Waals surface area contributed by atoms with E-state index < -0.39 is 0 Å². The van der Waals surface area contributed by atoms with E-state index in [2.05, 4.69) is 41.5 Å². The van der Waals surface area contributed by atoms with Crippen LogP contribution in [0.2, 0.25) is 0 Å². The molecule has 0 unspecified atom stereocenters. The SMILES string of the molecule is CSCCCCNc1nc(C)cc(C(C)C)n1. The Hall–Kier alpha value is -0.770. The van der Waals surface area contributed by atoms with Gasteiger partial charge in [-0.3, -0.25) is 0 Å². The first-order valence-electron chi connectivity index (χ1n) is 6.22. The molecule has 0 fully saturated rings. The van der Waals surface area contributed by atoms with Gasteiger partial charge in [0.25, 0.3) is 0 Å². The molecular formula is C13H23N3S. The van der Waals surface area contributed by atoms with Crippen LogP contribution in [-0.2, 0) is 0 Å². The second-order valence-corrected chi connectivity index (χ2v) is 5.52. The van der Waals surface area contributed by atoms with Crippen molar-refractivity contribution in [3.63, 3.8) is 0 Å². The van der Waals surface area contributed by atoms with Crippen molar-refractivity contribution in [3.05, 3.63) is 17.5 Å². The highest BCUT2D eigenvalue weighted by Crippen LogP contribution is 2.14. The highest BCUT2D eigenvalue weighted by Gasteiger charge is 2.05. The summed E-state index contributed by atoms with van der Waals surface area (Å²) in [4.78, 5) is 8.93. The van der Waals surface area contributed by atoms with Crippen molar-refractivity contribution >= 4 is 17.7 Å². The molecule has 0 saturated carbocycles. The molecule has 0 spiro atoms. The lowest BCUT2D eigenvalue weighted by Crippen LogP contribution is -2.08. The lowest BCUT2D eigenvalue weighted by atomic mass is 10.1. The van der Waals surface area contributed by atoms with Gasteiger partial charge >= 0.3 is 0 Å². The van der Waals surface area contributed by atoms with Crippen LogP contribution in [0.4, 0.5) is 5.95 Å². The quantitative estimate of drug-likeness (QED) is 0.755. The van der Waals surface area contributed by atoms with Crippen LogP contribution in [0.3, 0.4) is 0 Å². The van der Waals surface area contributed by atoms with Crippen LogP contribution in [0.15, 0.2) is 6.07 Å². The molecule has 0 bridgehead atoms. The molecule has 0 saturated heterocycles. The zero-order chi connectivity index (χ0) is 12.7. The first kappa shape index (κ1) is 14.3. The summed E-state index contributed by atoms with van der Waals surface area (Å²) in [7, 11) is 0. The number of unbranched alkanes of at least 4 members (excludes halogenated alkanes) is 1. The predicted octanol–water partition coefficient (Wildman–Crippen LogP) is 3.46. The van der Waals surface area contributed by atoms with Gasteiger partial charge in [-0.2, -0.15) is 11.8 Å². The largest absolute Gasteiger partial charge is 0.354 e. The number of aryl methyl sites for hydroxylation is 1. The van der Waals surface area contributed by atoms with Crippen molar-refractivity contribution in [2.24, 2.45) is 0 Å². The van der Waals surface area contributed by atoms with E-state index in [9.17, 15) is 0 Å². The third-order valence-corrected chi connectivity index (χ3v) is 3.22. The molecule has 1 aromatic heterocycles. The number of nitrogens with one attached hydrogen (secondary N) is 1. The average Bonchev–Trinajstić information content (AvgIpc) is 2.28. The maximum Gasteiger partial charge on any atom is 0.223 e. The van der Waals surface area contributed by atoms with E-state index in [0.717, 1.165) is 23.9 Å². The van der Waals surface area contributed by atoms with Crippen molar-refractivity contribution < 1.29 is 0 Å². The fourth-order valence-electron chi connectivity index (χ4n) is 1.54. The molecule has 0 aromatic carbocycles. The standard InChI is InChI=1S/C13H23N3S/c1-10(2)12-9-11(3)15-13(16-12)14-7-5-6-8-17-4/h9-10H,5-8H2,1-4H3,(H,14,15,16). The number of hydrogen-bond donors (Lipinski definition) is 1. The maximum absolute atomic E-state index is 4.52. The van der Waals surface area contributed by atoms with Crippen molar-refractivity contribution in [2.45, 2.75) is 39.5 Å². The first-order valence-corrected chi connectivity index (χ1v) is 7.61. The number of anilines is 1. The summed E-state index contributed by atoms with van der Waals surface area (Å²) in [6, 6.07) is 2.06.